The fourth-order valence-corrected chi connectivity index (χ4v) is 4.40. The number of aliphatic carboxylic acids is 2. The van der Waals surface area contributed by atoms with Gasteiger partial charge in [0.2, 0.25) is 17.7 Å². The Bertz CT molecular complexity index is 1200. The highest BCUT2D eigenvalue weighted by Gasteiger charge is 2.41. The first kappa shape index (κ1) is 38.1. The lowest BCUT2D eigenvalue weighted by atomic mass is 9.86. The topological polar surface area (TPSA) is 217 Å². The van der Waals surface area contributed by atoms with Crippen LogP contribution in [0.3, 0.4) is 0 Å². The standard InChI is InChI=1S/C26H42FN5O4.C4H4O4/c1-16(2)17(23(35)30-14-25(3,4)24(29)36)11-21(33)19(28)12-31-13-22(34)32(15-26(31,5)6)20-10-8-7-9-18(20)27;5-3(6)1-2-4(7)8/h7-10,16-17,19,21,33H,11-15,28H2,1-6H3,(H2,29,36)(H,30,35);1-2H,(H,5,6)(H,7,8)/b;2-1+/t17-,19-,21-;/m0./s1. The quantitative estimate of drug-likeness (QED) is 0.171. The Morgan fingerprint density at radius 3 is 2.14 bits per heavy atom. The van der Waals surface area contributed by atoms with E-state index in [4.69, 9.17) is 21.7 Å². The zero-order valence-electron chi connectivity index (χ0n) is 26.1. The van der Waals surface area contributed by atoms with Crippen LogP contribution in [0.1, 0.15) is 48.0 Å². The summed E-state index contributed by atoms with van der Waals surface area (Å²) in [5.74, 6) is -4.62. The van der Waals surface area contributed by atoms with Crippen molar-refractivity contribution in [2.45, 2.75) is 65.6 Å². The molecule has 1 saturated heterocycles. The molecule has 0 aromatic heterocycles. The van der Waals surface area contributed by atoms with Crippen LogP contribution in [-0.4, -0.2) is 93.7 Å². The van der Waals surface area contributed by atoms with E-state index in [9.17, 15) is 33.5 Å². The Morgan fingerprint density at radius 2 is 1.66 bits per heavy atom. The van der Waals surface area contributed by atoms with Crippen molar-refractivity contribution in [3.05, 3.63) is 42.2 Å². The summed E-state index contributed by atoms with van der Waals surface area (Å²) in [6.07, 6.45) is 0.249. The number of aliphatic hydroxyl groups excluding tert-OH is 1. The predicted octanol–water partition coefficient (Wildman–Crippen LogP) is 0.943. The molecule has 8 N–H and O–H groups in total. The summed E-state index contributed by atoms with van der Waals surface area (Å²) >= 11 is 0. The van der Waals surface area contributed by atoms with Gasteiger partial charge in [-0.3, -0.25) is 19.3 Å². The van der Waals surface area contributed by atoms with Gasteiger partial charge in [0, 0.05) is 49.3 Å². The maximum absolute atomic E-state index is 14.3. The van der Waals surface area contributed by atoms with Crippen molar-refractivity contribution >= 4 is 35.3 Å². The number of nitrogens with one attached hydrogen (secondary N) is 1. The Hall–Kier alpha value is -3.88. The first-order valence-electron chi connectivity index (χ1n) is 14.1. The van der Waals surface area contributed by atoms with Crippen molar-refractivity contribution in [3.63, 3.8) is 0 Å². The number of aliphatic hydroxyl groups is 1. The fraction of sp³-hybridized carbons (Fsp3) is 0.567. The lowest BCUT2D eigenvalue weighted by Crippen LogP contribution is -2.64. The van der Waals surface area contributed by atoms with E-state index in [1.807, 2.05) is 32.6 Å². The van der Waals surface area contributed by atoms with Crippen LogP contribution in [0.15, 0.2) is 36.4 Å². The molecule has 1 aliphatic rings. The second-order valence-corrected chi connectivity index (χ2v) is 12.4. The zero-order valence-corrected chi connectivity index (χ0v) is 26.1. The van der Waals surface area contributed by atoms with Crippen molar-refractivity contribution in [3.8, 4) is 0 Å². The summed E-state index contributed by atoms with van der Waals surface area (Å²) in [6.45, 7) is 11.6. The van der Waals surface area contributed by atoms with Crippen LogP contribution >= 0.6 is 0 Å². The molecule has 0 spiro atoms. The molecule has 14 heteroatoms. The zero-order chi connectivity index (χ0) is 34.0. The normalized spacial score (nSPS) is 17.4. The average molecular weight is 624 g/mol. The van der Waals surface area contributed by atoms with Gasteiger partial charge in [0.15, 0.2) is 0 Å². The number of carbonyl (C=O) groups excluding carboxylic acids is 3. The third-order valence-corrected chi connectivity index (χ3v) is 7.47. The molecular weight excluding hydrogens is 577 g/mol. The minimum Gasteiger partial charge on any atom is -0.478 e. The maximum atomic E-state index is 14.3. The number of piperazine rings is 1. The van der Waals surface area contributed by atoms with Crippen molar-refractivity contribution < 1.29 is 43.7 Å². The van der Waals surface area contributed by atoms with E-state index in [0.29, 0.717) is 12.2 Å². The molecule has 1 aromatic carbocycles. The fourth-order valence-electron chi connectivity index (χ4n) is 4.40. The number of carboxylic acid groups (broad SMARTS) is 2. The molecule has 0 radical (unpaired) electrons. The Morgan fingerprint density at radius 1 is 1.11 bits per heavy atom. The van der Waals surface area contributed by atoms with Crippen LogP contribution in [-0.2, 0) is 24.0 Å². The number of hydrogen-bond donors (Lipinski definition) is 6. The Balaban J connectivity index is 0.00000106. The van der Waals surface area contributed by atoms with Gasteiger partial charge in [-0.2, -0.15) is 0 Å². The summed E-state index contributed by atoms with van der Waals surface area (Å²) in [4.78, 5) is 59.7. The predicted molar refractivity (Wildman–Crippen MR) is 162 cm³/mol. The number of rotatable bonds is 13. The van der Waals surface area contributed by atoms with E-state index in [-0.39, 0.29) is 56.0 Å². The summed E-state index contributed by atoms with van der Waals surface area (Å²) in [5, 5.41) is 29.3. The molecule has 1 heterocycles. The molecule has 3 atom stereocenters. The molecule has 0 unspecified atom stereocenters. The van der Waals surface area contributed by atoms with Gasteiger partial charge in [-0.1, -0.05) is 26.0 Å². The lowest BCUT2D eigenvalue weighted by molar-refractivity contribution is -0.134. The number of anilines is 1. The molecule has 13 nitrogen and oxygen atoms in total. The summed E-state index contributed by atoms with van der Waals surface area (Å²) in [7, 11) is 0. The largest absolute Gasteiger partial charge is 0.478 e. The van der Waals surface area contributed by atoms with Crippen LogP contribution in [0.4, 0.5) is 10.1 Å². The Labute approximate surface area is 257 Å². The third-order valence-electron chi connectivity index (χ3n) is 7.47. The number of carbonyl (C=O) groups is 5. The number of primary amides is 1. The van der Waals surface area contributed by atoms with Crippen molar-refractivity contribution in [2.24, 2.45) is 28.7 Å². The molecule has 0 bridgehead atoms. The minimum absolute atomic E-state index is 0.0258. The van der Waals surface area contributed by atoms with Gasteiger partial charge in [0.05, 0.1) is 23.8 Å². The van der Waals surface area contributed by atoms with Gasteiger partial charge in [-0.15, -0.1) is 0 Å². The molecule has 246 valence electrons. The highest BCUT2D eigenvalue weighted by atomic mass is 19.1. The number of hydrogen-bond acceptors (Lipinski definition) is 8. The van der Waals surface area contributed by atoms with Gasteiger partial charge < -0.3 is 37.0 Å². The molecule has 44 heavy (non-hydrogen) atoms. The molecule has 1 aliphatic heterocycles. The molecular formula is C30H46FN5O8. The highest BCUT2D eigenvalue weighted by Crippen LogP contribution is 2.29. The van der Waals surface area contributed by atoms with Gasteiger partial charge in [-0.25, -0.2) is 14.0 Å². The Kier molecular flexibility index (Phi) is 14.1. The van der Waals surface area contributed by atoms with E-state index < -0.39 is 52.7 Å². The second-order valence-electron chi connectivity index (χ2n) is 12.4. The van der Waals surface area contributed by atoms with Crippen LogP contribution < -0.4 is 21.7 Å². The minimum atomic E-state index is -1.26. The number of nitrogens with two attached hydrogens (primary N) is 2. The second kappa shape index (κ2) is 16.3. The summed E-state index contributed by atoms with van der Waals surface area (Å²) in [5.41, 5.74) is 10.6. The van der Waals surface area contributed by atoms with Crippen LogP contribution in [0.25, 0.3) is 0 Å². The first-order valence-corrected chi connectivity index (χ1v) is 14.1. The SMILES string of the molecule is CC(C)[C@H](C[C@H](O)[C@@H](N)CN1CC(=O)N(c2ccccc2F)CC1(C)C)C(=O)NCC(C)(C)C(N)=O.O=C(O)/C=C/C(=O)O. The third kappa shape index (κ3) is 11.7. The molecule has 1 fully saturated rings. The van der Waals surface area contributed by atoms with E-state index in [1.165, 1.54) is 11.0 Å². The highest BCUT2D eigenvalue weighted by molar-refractivity contribution is 5.96. The van der Waals surface area contributed by atoms with Crippen molar-refractivity contribution in [2.75, 3.05) is 31.1 Å². The molecule has 0 saturated carbocycles. The lowest BCUT2D eigenvalue weighted by Gasteiger charge is -2.47. The number of nitrogens with zero attached hydrogens (tertiary/aromatic N) is 2. The number of para-hydroxylation sites is 1. The van der Waals surface area contributed by atoms with Crippen LogP contribution in [0.5, 0.6) is 0 Å². The smallest absolute Gasteiger partial charge is 0.328 e. The summed E-state index contributed by atoms with van der Waals surface area (Å²) < 4.78 is 14.3. The van der Waals surface area contributed by atoms with Gasteiger partial charge in [0.25, 0.3) is 0 Å². The monoisotopic (exact) mass is 623 g/mol. The first-order chi connectivity index (χ1) is 20.2. The molecule has 3 amide bonds. The van der Waals surface area contributed by atoms with E-state index >= 15 is 0 Å². The number of carboxylic acids is 2. The van der Waals surface area contributed by atoms with Crippen molar-refractivity contribution in [1.82, 2.24) is 10.2 Å². The number of halogens is 1. The average Bonchev–Trinajstić information content (AvgIpc) is 2.91. The summed E-state index contributed by atoms with van der Waals surface area (Å²) in [6, 6.07) is 5.45. The van der Waals surface area contributed by atoms with Gasteiger partial charge >= 0.3 is 11.9 Å². The van der Waals surface area contributed by atoms with E-state index in [1.54, 1.807) is 32.0 Å². The number of benzene rings is 1. The van der Waals surface area contributed by atoms with E-state index in [2.05, 4.69) is 5.32 Å². The maximum Gasteiger partial charge on any atom is 0.328 e. The van der Waals surface area contributed by atoms with Gasteiger partial charge in [0.1, 0.15) is 5.82 Å². The van der Waals surface area contributed by atoms with Crippen LogP contribution in [0.2, 0.25) is 0 Å². The van der Waals surface area contributed by atoms with Crippen LogP contribution in [0, 0.1) is 23.1 Å². The molecule has 1 aromatic rings. The molecule has 2 rings (SSSR count). The molecule has 0 aliphatic carbocycles. The van der Waals surface area contributed by atoms with Crippen molar-refractivity contribution in [1.29, 1.82) is 0 Å². The van der Waals surface area contributed by atoms with E-state index in [0.717, 1.165) is 0 Å². The van der Waals surface area contributed by atoms with Gasteiger partial charge in [-0.05, 0) is 52.2 Å². The number of amides is 3.